The number of fused-ring (bicyclic) bond motifs is 1. The third-order valence-corrected chi connectivity index (χ3v) is 8.49. The van der Waals surface area contributed by atoms with Crippen LogP contribution in [0, 0.1) is 5.82 Å². The van der Waals surface area contributed by atoms with Gasteiger partial charge in [0.2, 0.25) is 0 Å². The van der Waals surface area contributed by atoms with E-state index in [-0.39, 0.29) is 5.82 Å². The number of rotatable bonds is 9. The van der Waals surface area contributed by atoms with Gasteiger partial charge in [-0.2, -0.15) is 0 Å². The fourth-order valence-corrected chi connectivity index (χ4v) is 6.24. The highest BCUT2D eigenvalue weighted by Crippen LogP contribution is 2.40. The summed E-state index contributed by atoms with van der Waals surface area (Å²) in [5.74, 6) is 1.64. The number of ether oxygens (including phenoxy) is 3. The van der Waals surface area contributed by atoms with Crippen LogP contribution in [0.5, 0.6) is 17.2 Å². The summed E-state index contributed by atoms with van der Waals surface area (Å²) in [5, 5.41) is 0. The molecule has 3 aliphatic rings. The van der Waals surface area contributed by atoms with Gasteiger partial charge in [-0.3, -0.25) is 4.90 Å². The minimum Gasteiger partial charge on any atom is -0.494 e. The van der Waals surface area contributed by atoms with Gasteiger partial charge in [0.1, 0.15) is 0 Å². The maximum absolute atomic E-state index is 13.9. The molecule has 3 fully saturated rings. The topological polar surface area (TPSA) is 40.7 Å². The number of benzene rings is 2. The average molecular weight is 527 g/mol. The van der Waals surface area contributed by atoms with Crippen LogP contribution < -0.4 is 19.1 Å². The van der Waals surface area contributed by atoms with E-state index in [1.54, 1.807) is 7.11 Å². The van der Waals surface area contributed by atoms with Gasteiger partial charge in [-0.15, -0.1) is 0 Å². The molecule has 3 saturated heterocycles. The quantitative estimate of drug-likeness (QED) is 0.452. The van der Waals surface area contributed by atoms with Gasteiger partial charge in [-0.1, -0.05) is 6.07 Å². The van der Waals surface area contributed by atoms with Gasteiger partial charge in [0.05, 0.1) is 20.8 Å². The summed E-state index contributed by atoms with van der Waals surface area (Å²) >= 11 is 0. The Kier molecular flexibility index (Phi) is 8.92. The fourth-order valence-electron chi connectivity index (χ4n) is 6.24. The molecule has 2 aromatic carbocycles. The molecule has 2 atom stereocenters. The number of likely N-dealkylation sites (N-methyl/N-ethyl adjacent to an activating group) is 1. The Labute approximate surface area is 227 Å². The zero-order chi connectivity index (χ0) is 26.5. The molecule has 0 amide bonds. The molecule has 3 heterocycles. The largest absolute Gasteiger partial charge is 0.494 e. The molecular weight excluding hydrogens is 483 g/mol. The van der Waals surface area contributed by atoms with Gasteiger partial charge < -0.3 is 28.9 Å². The molecule has 0 N–H and O–H groups in total. The van der Waals surface area contributed by atoms with Gasteiger partial charge in [0.15, 0.2) is 23.1 Å². The average Bonchev–Trinajstić information content (AvgIpc) is 2.96. The number of piperazine rings is 2. The number of hydrogen-bond donors (Lipinski definition) is 0. The van der Waals surface area contributed by atoms with Crippen LogP contribution >= 0.6 is 0 Å². The summed E-state index contributed by atoms with van der Waals surface area (Å²) in [7, 11) is 5.44. The van der Waals surface area contributed by atoms with E-state index in [9.17, 15) is 4.39 Å². The maximum atomic E-state index is 13.9. The highest BCUT2D eigenvalue weighted by molar-refractivity contribution is 5.52. The molecule has 0 aliphatic carbocycles. The van der Waals surface area contributed by atoms with E-state index in [1.165, 1.54) is 31.6 Å². The number of nitrogens with zero attached hydrogens (tertiary/aromatic N) is 4. The Balaban J connectivity index is 1.19. The number of halogens is 1. The molecule has 8 heteroatoms. The molecular formula is C30H43FN4O3. The normalized spacial score (nSPS) is 23.2. The molecule has 0 bridgehead atoms. The van der Waals surface area contributed by atoms with E-state index in [0.717, 1.165) is 82.4 Å². The first-order valence-electron chi connectivity index (χ1n) is 14.1. The van der Waals surface area contributed by atoms with Crippen LogP contribution in [-0.2, 0) is 0 Å². The van der Waals surface area contributed by atoms with Crippen LogP contribution in [0.3, 0.4) is 0 Å². The van der Waals surface area contributed by atoms with Crippen molar-refractivity contribution in [2.45, 2.75) is 37.8 Å². The monoisotopic (exact) mass is 526 g/mol. The first kappa shape index (κ1) is 27.0. The van der Waals surface area contributed by atoms with Crippen molar-refractivity contribution in [1.29, 1.82) is 0 Å². The third-order valence-electron chi connectivity index (χ3n) is 8.49. The molecule has 0 radical (unpaired) electrons. The molecule has 7 nitrogen and oxygen atoms in total. The summed E-state index contributed by atoms with van der Waals surface area (Å²) in [5.41, 5.74) is 2.33. The lowest BCUT2D eigenvalue weighted by atomic mass is 9.89. The number of hydrogen-bond acceptors (Lipinski definition) is 7. The minimum atomic E-state index is -0.316. The smallest absolute Gasteiger partial charge is 0.165 e. The molecule has 0 unspecified atom stereocenters. The molecule has 3 aliphatic heterocycles. The van der Waals surface area contributed by atoms with E-state index < -0.39 is 0 Å². The lowest BCUT2D eigenvalue weighted by molar-refractivity contribution is 0.0714. The van der Waals surface area contributed by atoms with Crippen molar-refractivity contribution in [3.8, 4) is 17.2 Å². The molecule has 38 heavy (non-hydrogen) atoms. The van der Waals surface area contributed by atoms with Crippen LogP contribution in [0.4, 0.5) is 10.1 Å². The summed E-state index contributed by atoms with van der Waals surface area (Å²) in [6, 6.07) is 12.5. The molecule has 5 rings (SSSR count). The Hall–Kier alpha value is -2.55. The highest BCUT2D eigenvalue weighted by Gasteiger charge is 2.36. The van der Waals surface area contributed by atoms with E-state index in [0.29, 0.717) is 24.4 Å². The van der Waals surface area contributed by atoms with Gasteiger partial charge in [-0.25, -0.2) is 4.39 Å². The number of piperidine rings is 1. The van der Waals surface area contributed by atoms with Gasteiger partial charge in [0, 0.05) is 76.2 Å². The van der Waals surface area contributed by atoms with Crippen molar-refractivity contribution < 1.29 is 18.6 Å². The first-order chi connectivity index (χ1) is 18.6. The van der Waals surface area contributed by atoms with E-state index >= 15 is 0 Å². The van der Waals surface area contributed by atoms with Gasteiger partial charge >= 0.3 is 0 Å². The SMILES string of the molecule is COc1cc(N2CCN3[C@@H](CCC[C@@H]3c3ccc(OCCCN4CCN(C)CC4)c(OC)c3)C2)ccc1F. The third kappa shape index (κ3) is 6.19. The van der Waals surface area contributed by atoms with Crippen LogP contribution in [0.25, 0.3) is 0 Å². The molecule has 0 spiro atoms. The number of anilines is 1. The van der Waals surface area contributed by atoms with Crippen LogP contribution in [0.1, 0.15) is 37.3 Å². The zero-order valence-electron chi connectivity index (χ0n) is 23.2. The van der Waals surface area contributed by atoms with Crippen molar-refractivity contribution in [3.63, 3.8) is 0 Å². The molecule has 0 aromatic heterocycles. The number of methoxy groups -OCH3 is 2. The minimum absolute atomic E-state index is 0.306. The summed E-state index contributed by atoms with van der Waals surface area (Å²) < 4.78 is 31.1. The van der Waals surface area contributed by atoms with E-state index in [2.05, 4.69) is 44.8 Å². The van der Waals surface area contributed by atoms with Gasteiger partial charge in [0.25, 0.3) is 0 Å². The van der Waals surface area contributed by atoms with Crippen molar-refractivity contribution in [2.24, 2.45) is 0 Å². The Morgan fingerprint density at radius 3 is 2.47 bits per heavy atom. The van der Waals surface area contributed by atoms with Crippen molar-refractivity contribution in [2.75, 3.05) is 85.1 Å². The summed E-state index contributed by atoms with van der Waals surface area (Å²) in [4.78, 5) is 9.93. The van der Waals surface area contributed by atoms with Crippen molar-refractivity contribution in [3.05, 3.63) is 47.8 Å². The van der Waals surface area contributed by atoms with E-state index in [1.807, 2.05) is 12.1 Å². The van der Waals surface area contributed by atoms with Gasteiger partial charge in [-0.05, 0) is 62.6 Å². The second kappa shape index (κ2) is 12.5. The van der Waals surface area contributed by atoms with Crippen molar-refractivity contribution >= 4 is 5.69 Å². The highest BCUT2D eigenvalue weighted by atomic mass is 19.1. The Bertz CT molecular complexity index is 1060. The summed E-state index contributed by atoms with van der Waals surface area (Å²) in [6.07, 6.45) is 4.54. The molecule has 208 valence electrons. The van der Waals surface area contributed by atoms with Crippen LogP contribution in [0.2, 0.25) is 0 Å². The fraction of sp³-hybridized carbons (Fsp3) is 0.600. The zero-order valence-corrected chi connectivity index (χ0v) is 23.2. The van der Waals surface area contributed by atoms with Crippen molar-refractivity contribution in [1.82, 2.24) is 14.7 Å². The lowest BCUT2D eigenvalue weighted by Crippen LogP contribution is -2.55. The summed E-state index contributed by atoms with van der Waals surface area (Å²) in [6.45, 7) is 9.18. The lowest BCUT2D eigenvalue weighted by Gasteiger charge is -2.49. The standard InChI is InChI=1S/C30H43FN4O3/c1-32-13-15-33(16-14-32)12-5-19-38-28-11-8-23(20-30(28)37-3)27-7-4-6-25-22-34(17-18-35(25)27)24-9-10-26(31)29(21-24)36-2/h8-11,20-21,25,27H,4-7,12-19,22H2,1-3H3/t25-,27+/m0/s1. The first-order valence-corrected chi connectivity index (χ1v) is 14.1. The van der Waals surface area contributed by atoms with E-state index in [4.69, 9.17) is 14.2 Å². The van der Waals surface area contributed by atoms with Crippen LogP contribution in [-0.4, -0.2) is 101 Å². The maximum Gasteiger partial charge on any atom is 0.165 e. The second-order valence-corrected chi connectivity index (χ2v) is 10.9. The second-order valence-electron chi connectivity index (χ2n) is 10.9. The predicted octanol–water partition coefficient (Wildman–Crippen LogP) is 4.28. The predicted molar refractivity (Wildman–Crippen MR) is 149 cm³/mol. The Morgan fingerprint density at radius 2 is 1.68 bits per heavy atom. The van der Waals surface area contributed by atoms with Crippen LogP contribution in [0.15, 0.2) is 36.4 Å². The molecule has 2 aromatic rings. The molecule has 0 saturated carbocycles. The Morgan fingerprint density at radius 1 is 0.868 bits per heavy atom.